The van der Waals surface area contributed by atoms with Crippen LogP contribution in [0.2, 0.25) is 0 Å². The molecular weight excluding hydrogens is 318 g/mol. The summed E-state index contributed by atoms with van der Waals surface area (Å²) >= 11 is 0. The van der Waals surface area contributed by atoms with Crippen molar-refractivity contribution in [2.75, 3.05) is 6.26 Å². The Morgan fingerprint density at radius 3 is 2.29 bits per heavy atom. The Hall–Kier alpha value is -2.33. The van der Waals surface area contributed by atoms with Crippen molar-refractivity contribution in [2.45, 2.75) is 24.3 Å². The van der Waals surface area contributed by atoms with Gasteiger partial charge in [0.15, 0.2) is 9.84 Å². The Kier molecular flexibility index (Phi) is 3.57. The molecule has 2 heterocycles. The maximum Gasteiger partial charge on any atom is 0.175 e. The van der Waals surface area contributed by atoms with Gasteiger partial charge in [-0.1, -0.05) is 42.5 Å². The number of hydrogen-bond donors (Lipinski definition) is 0. The van der Waals surface area contributed by atoms with Gasteiger partial charge >= 0.3 is 0 Å². The summed E-state index contributed by atoms with van der Waals surface area (Å²) in [5.41, 5.74) is 6.11. The van der Waals surface area contributed by atoms with E-state index in [1.807, 2.05) is 18.2 Å². The first-order valence-corrected chi connectivity index (χ1v) is 10.0. The number of nitrogens with zero attached hydrogens (tertiary/aromatic N) is 1. The zero-order valence-corrected chi connectivity index (χ0v) is 14.4. The summed E-state index contributed by atoms with van der Waals surface area (Å²) in [7, 11) is -3.17. The van der Waals surface area contributed by atoms with E-state index < -0.39 is 9.84 Å². The summed E-state index contributed by atoms with van der Waals surface area (Å²) in [5.74, 6) is 0. The largest absolute Gasteiger partial charge is 0.350 e. The van der Waals surface area contributed by atoms with Crippen molar-refractivity contribution in [2.24, 2.45) is 0 Å². The lowest BCUT2D eigenvalue weighted by Crippen LogP contribution is -1.96. The number of benzene rings is 2. The van der Waals surface area contributed by atoms with Crippen molar-refractivity contribution in [1.82, 2.24) is 4.57 Å². The molecule has 0 fully saturated rings. The van der Waals surface area contributed by atoms with Crippen molar-refractivity contribution in [1.29, 1.82) is 0 Å². The first kappa shape index (κ1) is 15.2. The standard InChI is InChI=1S/C20H19NO2S/c1-24(22,23)17-11-9-15(10-12-17)18-14-21-13-5-8-19(21)20(18)16-6-3-2-4-7-16/h2-4,6-7,9-12,14H,5,8,13H2,1H3. The van der Waals surface area contributed by atoms with E-state index in [2.05, 4.69) is 35.0 Å². The van der Waals surface area contributed by atoms with Crippen LogP contribution in [0.25, 0.3) is 22.3 Å². The van der Waals surface area contributed by atoms with E-state index in [-0.39, 0.29) is 0 Å². The zero-order valence-electron chi connectivity index (χ0n) is 13.6. The molecular formula is C20H19NO2S. The third kappa shape index (κ3) is 2.57. The third-order valence-electron chi connectivity index (χ3n) is 4.66. The number of aryl methyl sites for hydroxylation is 1. The Labute approximate surface area is 142 Å². The Bertz CT molecular complexity index is 984. The van der Waals surface area contributed by atoms with Gasteiger partial charge in [-0.25, -0.2) is 8.42 Å². The fraction of sp³-hybridized carbons (Fsp3) is 0.200. The second-order valence-electron chi connectivity index (χ2n) is 6.32. The highest BCUT2D eigenvalue weighted by molar-refractivity contribution is 7.90. The van der Waals surface area contributed by atoms with E-state index in [4.69, 9.17) is 0 Å². The SMILES string of the molecule is CS(=O)(=O)c1ccc(-c2cn3c(c2-c2ccccc2)CCC3)cc1. The fourth-order valence-corrected chi connectivity index (χ4v) is 4.14. The number of sulfone groups is 1. The number of hydrogen-bond acceptors (Lipinski definition) is 2. The molecule has 1 aliphatic rings. The van der Waals surface area contributed by atoms with Crippen LogP contribution >= 0.6 is 0 Å². The Morgan fingerprint density at radius 1 is 0.917 bits per heavy atom. The van der Waals surface area contributed by atoms with Crippen LogP contribution in [0.15, 0.2) is 65.7 Å². The van der Waals surface area contributed by atoms with Gasteiger partial charge in [0, 0.05) is 35.8 Å². The molecule has 0 amide bonds. The van der Waals surface area contributed by atoms with Crippen LogP contribution < -0.4 is 0 Å². The first-order valence-electron chi connectivity index (χ1n) is 8.12. The maximum absolute atomic E-state index is 11.7. The predicted molar refractivity (Wildman–Crippen MR) is 96.7 cm³/mol. The van der Waals surface area contributed by atoms with Gasteiger partial charge in [0.2, 0.25) is 0 Å². The van der Waals surface area contributed by atoms with E-state index in [1.165, 1.54) is 35.1 Å². The van der Waals surface area contributed by atoms with E-state index in [1.54, 1.807) is 12.1 Å². The van der Waals surface area contributed by atoms with Gasteiger partial charge in [-0.15, -0.1) is 0 Å². The van der Waals surface area contributed by atoms with Gasteiger partial charge in [-0.05, 0) is 36.1 Å². The molecule has 122 valence electrons. The van der Waals surface area contributed by atoms with E-state index in [0.717, 1.165) is 18.5 Å². The molecule has 1 aromatic heterocycles. The van der Waals surface area contributed by atoms with Crippen LogP contribution in [0.4, 0.5) is 0 Å². The third-order valence-corrected chi connectivity index (χ3v) is 5.79. The van der Waals surface area contributed by atoms with E-state index in [0.29, 0.717) is 4.90 Å². The van der Waals surface area contributed by atoms with Gasteiger partial charge in [-0.2, -0.15) is 0 Å². The lowest BCUT2D eigenvalue weighted by Gasteiger charge is -2.08. The molecule has 0 saturated carbocycles. The normalized spacial score (nSPS) is 13.9. The van der Waals surface area contributed by atoms with Crippen LogP contribution in [0, 0.1) is 0 Å². The molecule has 0 aliphatic carbocycles. The predicted octanol–water partition coefficient (Wildman–Crippen LogP) is 4.17. The highest BCUT2D eigenvalue weighted by atomic mass is 32.2. The summed E-state index contributed by atoms with van der Waals surface area (Å²) < 4.78 is 25.7. The number of fused-ring (bicyclic) bond motifs is 1. The molecule has 24 heavy (non-hydrogen) atoms. The van der Waals surface area contributed by atoms with Crippen LogP contribution in [0.3, 0.4) is 0 Å². The van der Waals surface area contributed by atoms with E-state index in [9.17, 15) is 8.42 Å². The molecule has 0 N–H and O–H groups in total. The molecule has 0 radical (unpaired) electrons. The maximum atomic E-state index is 11.7. The molecule has 3 aromatic rings. The van der Waals surface area contributed by atoms with Crippen LogP contribution in [-0.4, -0.2) is 19.2 Å². The summed E-state index contributed by atoms with van der Waals surface area (Å²) in [6.07, 6.45) is 5.72. The lowest BCUT2D eigenvalue weighted by atomic mass is 9.96. The quantitative estimate of drug-likeness (QED) is 0.719. The van der Waals surface area contributed by atoms with Gasteiger partial charge in [0.05, 0.1) is 4.90 Å². The molecule has 0 atom stereocenters. The summed E-state index contributed by atoms with van der Waals surface area (Å²) in [5, 5.41) is 0. The molecule has 0 spiro atoms. The second kappa shape index (κ2) is 5.64. The first-order chi connectivity index (χ1) is 11.5. The van der Waals surface area contributed by atoms with Crippen molar-refractivity contribution in [3.05, 3.63) is 66.5 Å². The summed E-state index contributed by atoms with van der Waals surface area (Å²) in [4.78, 5) is 0.360. The topological polar surface area (TPSA) is 39.1 Å². The minimum absolute atomic E-state index is 0.360. The molecule has 4 heteroatoms. The number of aromatic nitrogens is 1. The van der Waals surface area contributed by atoms with Gasteiger partial charge in [0.1, 0.15) is 0 Å². The van der Waals surface area contributed by atoms with Crippen molar-refractivity contribution < 1.29 is 8.42 Å². The second-order valence-corrected chi connectivity index (χ2v) is 8.34. The smallest absolute Gasteiger partial charge is 0.175 e. The molecule has 1 aliphatic heterocycles. The van der Waals surface area contributed by atoms with Crippen molar-refractivity contribution in [3.8, 4) is 22.3 Å². The van der Waals surface area contributed by atoms with Crippen molar-refractivity contribution >= 4 is 9.84 Å². The highest BCUT2D eigenvalue weighted by Crippen LogP contribution is 2.39. The molecule has 0 saturated heterocycles. The molecule has 3 nitrogen and oxygen atoms in total. The molecule has 2 aromatic carbocycles. The summed E-state index contributed by atoms with van der Waals surface area (Å²) in [6, 6.07) is 17.6. The number of rotatable bonds is 3. The van der Waals surface area contributed by atoms with Crippen molar-refractivity contribution in [3.63, 3.8) is 0 Å². The van der Waals surface area contributed by atoms with Gasteiger partial charge in [0.25, 0.3) is 0 Å². The lowest BCUT2D eigenvalue weighted by molar-refractivity contribution is 0.602. The zero-order chi connectivity index (χ0) is 16.7. The fourth-order valence-electron chi connectivity index (χ4n) is 3.51. The Balaban J connectivity index is 1.87. The Morgan fingerprint density at radius 2 is 1.62 bits per heavy atom. The summed E-state index contributed by atoms with van der Waals surface area (Å²) in [6.45, 7) is 1.05. The average Bonchev–Trinajstić information content (AvgIpc) is 3.15. The molecule has 4 rings (SSSR count). The molecule has 0 unspecified atom stereocenters. The van der Waals surface area contributed by atoms with Crippen LogP contribution in [0.1, 0.15) is 12.1 Å². The highest BCUT2D eigenvalue weighted by Gasteiger charge is 2.21. The minimum atomic E-state index is -3.17. The molecule has 0 bridgehead atoms. The van der Waals surface area contributed by atoms with Gasteiger partial charge < -0.3 is 4.57 Å². The van der Waals surface area contributed by atoms with Crippen LogP contribution in [-0.2, 0) is 22.8 Å². The minimum Gasteiger partial charge on any atom is -0.350 e. The monoisotopic (exact) mass is 337 g/mol. The average molecular weight is 337 g/mol. The van der Waals surface area contributed by atoms with E-state index >= 15 is 0 Å². The van der Waals surface area contributed by atoms with Gasteiger partial charge in [-0.3, -0.25) is 0 Å². The van der Waals surface area contributed by atoms with Crippen LogP contribution in [0.5, 0.6) is 0 Å².